The number of nitrogens with zero attached hydrogens (tertiary/aromatic N) is 2. The van der Waals surface area contributed by atoms with E-state index in [-0.39, 0.29) is 11.9 Å². The third-order valence-electron chi connectivity index (χ3n) is 4.75. The highest BCUT2D eigenvalue weighted by Gasteiger charge is 2.31. The Morgan fingerprint density at radius 2 is 1.92 bits per heavy atom. The van der Waals surface area contributed by atoms with Crippen LogP contribution in [0.15, 0.2) is 23.7 Å². The van der Waals surface area contributed by atoms with Crippen LogP contribution >= 0.6 is 11.3 Å². The standard InChI is InChI=1S/C17H19N3OS.2C2H6/c1-10-13-5-7-22-15(13)4-6-20(10)17(21)12-8-14(11-2-3-11)16(18)19-9-12;2*1-2/h5,7-11H,2-4,6H2,1H3,(H2,18,19);2*1-2H3. The third-order valence-corrected chi connectivity index (χ3v) is 5.75. The monoisotopic (exact) mass is 373 g/mol. The number of carbonyl (C=O) groups excluding carboxylic acids is 1. The first-order valence-corrected chi connectivity index (χ1v) is 10.7. The molecule has 4 rings (SSSR count). The molecule has 2 aliphatic rings. The van der Waals surface area contributed by atoms with E-state index in [0.717, 1.165) is 31.4 Å². The lowest BCUT2D eigenvalue weighted by atomic mass is 10.00. The van der Waals surface area contributed by atoms with Crippen molar-refractivity contribution >= 4 is 23.1 Å². The van der Waals surface area contributed by atoms with Crippen LogP contribution in [0, 0.1) is 0 Å². The number of fused-ring (bicyclic) bond motifs is 1. The minimum Gasteiger partial charge on any atom is -0.383 e. The summed E-state index contributed by atoms with van der Waals surface area (Å²) in [6, 6.07) is 4.23. The number of rotatable bonds is 2. The van der Waals surface area contributed by atoms with Crippen LogP contribution in [0.4, 0.5) is 5.82 Å². The van der Waals surface area contributed by atoms with E-state index >= 15 is 0 Å². The van der Waals surface area contributed by atoms with E-state index in [1.807, 2.05) is 38.7 Å². The molecule has 1 unspecified atom stereocenters. The number of thiophene rings is 1. The van der Waals surface area contributed by atoms with Gasteiger partial charge in [0.15, 0.2) is 0 Å². The van der Waals surface area contributed by atoms with Gasteiger partial charge in [-0.3, -0.25) is 4.79 Å². The molecule has 2 N–H and O–H groups in total. The summed E-state index contributed by atoms with van der Waals surface area (Å²) >= 11 is 1.79. The number of nitrogen functional groups attached to an aromatic ring is 1. The number of nitrogens with two attached hydrogens (primary N) is 1. The van der Waals surface area contributed by atoms with Crippen LogP contribution in [0.1, 0.15) is 85.8 Å². The van der Waals surface area contributed by atoms with E-state index in [2.05, 4.69) is 23.4 Å². The van der Waals surface area contributed by atoms with Crippen molar-refractivity contribution in [2.75, 3.05) is 12.3 Å². The molecule has 1 aliphatic carbocycles. The van der Waals surface area contributed by atoms with Gasteiger partial charge < -0.3 is 10.6 Å². The van der Waals surface area contributed by atoms with Crippen LogP contribution in [0.3, 0.4) is 0 Å². The molecule has 0 aromatic carbocycles. The fourth-order valence-electron chi connectivity index (χ4n) is 3.28. The topological polar surface area (TPSA) is 59.2 Å². The zero-order valence-corrected chi connectivity index (χ0v) is 17.4. The number of carbonyl (C=O) groups is 1. The quantitative estimate of drug-likeness (QED) is 0.765. The Labute approximate surface area is 161 Å². The van der Waals surface area contributed by atoms with Crippen LogP contribution in [0.5, 0.6) is 0 Å². The van der Waals surface area contributed by atoms with Gasteiger partial charge in [-0.1, -0.05) is 27.7 Å². The van der Waals surface area contributed by atoms with E-state index in [0.29, 0.717) is 17.3 Å². The zero-order chi connectivity index (χ0) is 19.3. The Balaban J connectivity index is 0.000000570. The number of aromatic nitrogens is 1. The fraction of sp³-hybridized carbons (Fsp3) is 0.524. The normalized spacial score (nSPS) is 18.0. The van der Waals surface area contributed by atoms with Crippen LogP contribution in [0.2, 0.25) is 0 Å². The molecule has 0 saturated heterocycles. The molecule has 1 saturated carbocycles. The maximum absolute atomic E-state index is 12.9. The zero-order valence-electron chi connectivity index (χ0n) is 16.6. The van der Waals surface area contributed by atoms with Gasteiger partial charge in [0.25, 0.3) is 5.91 Å². The molecule has 0 radical (unpaired) electrons. The second-order valence-corrected chi connectivity index (χ2v) is 7.20. The van der Waals surface area contributed by atoms with Gasteiger partial charge in [-0.2, -0.15) is 0 Å². The van der Waals surface area contributed by atoms with E-state index in [1.165, 1.54) is 10.4 Å². The molecule has 142 valence electrons. The summed E-state index contributed by atoms with van der Waals surface area (Å²) in [5, 5.41) is 2.12. The number of anilines is 1. The van der Waals surface area contributed by atoms with E-state index in [1.54, 1.807) is 17.5 Å². The fourth-order valence-corrected chi connectivity index (χ4v) is 4.25. The third kappa shape index (κ3) is 4.09. The first kappa shape index (κ1) is 20.4. The smallest absolute Gasteiger partial charge is 0.255 e. The summed E-state index contributed by atoms with van der Waals surface area (Å²) in [7, 11) is 0. The summed E-state index contributed by atoms with van der Waals surface area (Å²) in [5.74, 6) is 1.15. The molecule has 26 heavy (non-hydrogen) atoms. The van der Waals surface area contributed by atoms with Gasteiger partial charge in [0, 0.05) is 17.6 Å². The summed E-state index contributed by atoms with van der Waals surface area (Å²) in [6.07, 6.45) is 4.88. The van der Waals surface area contributed by atoms with Gasteiger partial charge in [-0.05, 0) is 60.7 Å². The molecule has 0 bridgehead atoms. The Morgan fingerprint density at radius 1 is 1.23 bits per heavy atom. The van der Waals surface area contributed by atoms with Crippen molar-refractivity contribution in [3.05, 3.63) is 45.3 Å². The maximum Gasteiger partial charge on any atom is 0.255 e. The molecular weight excluding hydrogens is 342 g/mol. The molecule has 0 spiro atoms. The van der Waals surface area contributed by atoms with Gasteiger partial charge in [-0.25, -0.2) is 4.98 Å². The van der Waals surface area contributed by atoms with E-state index in [4.69, 9.17) is 5.73 Å². The SMILES string of the molecule is CC.CC.CC1c2ccsc2CCN1C(=O)c1cnc(N)c(C2CC2)c1. The lowest BCUT2D eigenvalue weighted by Crippen LogP contribution is -2.38. The lowest BCUT2D eigenvalue weighted by Gasteiger charge is -2.33. The van der Waals surface area contributed by atoms with Crippen LogP contribution in [0.25, 0.3) is 0 Å². The van der Waals surface area contributed by atoms with Gasteiger partial charge in [0.2, 0.25) is 0 Å². The number of amides is 1. The largest absolute Gasteiger partial charge is 0.383 e. The van der Waals surface area contributed by atoms with Gasteiger partial charge in [0.1, 0.15) is 5.82 Å². The predicted octanol–water partition coefficient (Wildman–Crippen LogP) is 5.41. The molecule has 2 aromatic rings. The van der Waals surface area contributed by atoms with E-state index in [9.17, 15) is 4.79 Å². The molecular formula is C21H31N3OS. The number of hydrogen-bond acceptors (Lipinski definition) is 4. The molecule has 1 atom stereocenters. The second-order valence-electron chi connectivity index (χ2n) is 6.20. The van der Waals surface area contributed by atoms with Crippen LogP contribution in [-0.4, -0.2) is 22.3 Å². The first-order chi connectivity index (χ1) is 12.6. The Kier molecular flexibility index (Phi) is 7.21. The van der Waals surface area contributed by atoms with Crippen molar-refractivity contribution in [3.8, 4) is 0 Å². The number of hydrogen-bond donors (Lipinski definition) is 1. The van der Waals surface area contributed by atoms with E-state index < -0.39 is 0 Å². The van der Waals surface area contributed by atoms with Crippen LogP contribution in [-0.2, 0) is 6.42 Å². The van der Waals surface area contributed by atoms with Gasteiger partial charge >= 0.3 is 0 Å². The van der Waals surface area contributed by atoms with Crippen molar-refractivity contribution in [3.63, 3.8) is 0 Å². The first-order valence-electron chi connectivity index (χ1n) is 9.78. The summed E-state index contributed by atoms with van der Waals surface area (Å²) < 4.78 is 0. The second kappa shape index (κ2) is 9.17. The number of pyridine rings is 1. The van der Waals surface area contributed by atoms with Crippen molar-refractivity contribution < 1.29 is 4.79 Å². The molecule has 1 amide bonds. The van der Waals surface area contributed by atoms with Crippen LogP contribution < -0.4 is 5.73 Å². The minimum absolute atomic E-state index is 0.0683. The highest BCUT2D eigenvalue weighted by atomic mass is 32.1. The minimum atomic E-state index is 0.0683. The Bertz CT molecular complexity index is 737. The molecule has 2 aromatic heterocycles. The lowest BCUT2D eigenvalue weighted by molar-refractivity contribution is 0.0679. The molecule has 3 heterocycles. The van der Waals surface area contributed by atoms with Gasteiger partial charge in [0.05, 0.1) is 11.6 Å². The van der Waals surface area contributed by atoms with Crippen molar-refractivity contribution in [2.45, 2.75) is 65.8 Å². The Hall–Kier alpha value is -1.88. The highest BCUT2D eigenvalue weighted by molar-refractivity contribution is 7.10. The van der Waals surface area contributed by atoms with Gasteiger partial charge in [-0.15, -0.1) is 11.3 Å². The highest BCUT2D eigenvalue weighted by Crippen LogP contribution is 2.42. The summed E-state index contributed by atoms with van der Waals surface area (Å²) in [5.41, 5.74) is 8.95. The maximum atomic E-state index is 12.9. The van der Waals surface area contributed by atoms with Crippen molar-refractivity contribution in [1.29, 1.82) is 0 Å². The van der Waals surface area contributed by atoms with Crippen molar-refractivity contribution in [2.24, 2.45) is 0 Å². The summed E-state index contributed by atoms with van der Waals surface area (Å²) in [4.78, 5) is 20.5. The molecule has 5 heteroatoms. The average molecular weight is 374 g/mol. The average Bonchev–Trinajstić information content (AvgIpc) is 3.41. The predicted molar refractivity (Wildman–Crippen MR) is 111 cm³/mol. The van der Waals surface area contributed by atoms with Crippen molar-refractivity contribution in [1.82, 2.24) is 9.88 Å². The molecule has 1 aliphatic heterocycles. The molecule has 4 nitrogen and oxygen atoms in total. The summed E-state index contributed by atoms with van der Waals surface area (Å²) in [6.45, 7) is 10.9. The molecule has 1 fully saturated rings. The Morgan fingerprint density at radius 3 is 2.58 bits per heavy atom.